The molecular formula is C9H8Cl2Si. The van der Waals surface area contributed by atoms with Crippen molar-refractivity contribution < 1.29 is 0 Å². The maximum Gasteiger partial charge on any atom is 0.124 e. The number of benzene rings is 1. The highest BCUT2D eigenvalue weighted by Crippen LogP contribution is 2.01. The molecule has 0 spiro atoms. The third-order valence-corrected chi connectivity index (χ3v) is 2.96. The molecule has 62 valence electrons. The van der Waals surface area contributed by atoms with Gasteiger partial charge in [-0.25, -0.2) is 0 Å². The summed E-state index contributed by atoms with van der Waals surface area (Å²) in [5.41, 5.74) is 1.12. The average Bonchev–Trinajstić information content (AvgIpc) is 2.05. The van der Waals surface area contributed by atoms with Gasteiger partial charge in [0.15, 0.2) is 0 Å². The Morgan fingerprint density at radius 3 is 2.25 bits per heavy atom. The van der Waals surface area contributed by atoms with E-state index in [1.54, 1.807) is 0 Å². The predicted molar refractivity (Wildman–Crippen MR) is 57.4 cm³/mol. The molecule has 0 aliphatic rings. The molecule has 1 rings (SSSR count). The summed E-state index contributed by atoms with van der Waals surface area (Å²) in [4.78, 5) is 0. The predicted octanol–water partition coefficient (Wildman–Crippen LogP) is 2.42. The summed E-state index contributed by atoms with van der Waals surface area (Å²) in [6.45, 7) is 3.67. The lowest BCUT2D eigenvalue weighted by molar-refractivity contribution is 1.69. The zero-order chi connectivity index (χ0) is 8.97. The van der Waals surface area contributed by atoms with E-state index in [0.717, 1.165) is 5.56 Å². The van der Waals surface area contributed by atoms with Gasteiger partial charge in [-0.3, -0.25) is 0 Å². The molecule has 0 unspecified atom stereocenters. The highest BCUT2D eigenvalue weighted by molar-refractivity contribution is 6.75. The van der Waals surface area contributed by atoms with Gasteiger partial charge in [0, 0.05) is 0 Å². The Kier molecular flexibility index (Phi) is 3.86. The van der Waals surface area contributed by atoms with E-state index in [1.807, 2.05) is 30.3 Å². The minimum absolute atomic E-state index is 0.292. The summed E-state index contributed by atoms with van der Waals surface area (Å²) in [7, 11) is 0.455. The summed E-state index contributed by atoms with van der Waals surface area (Å²) < 4.78 is -0.292. The van der Waals surface area contributed by atoms with Gasteiger partial charge >= 0.3 is 0 Å². The number of hydrogen-bond acceptors (Lipinski definition) is 0. The van der Waals surface area contributed by atoms with Crippen LogP contribution in [0.4, 0.5) is 0 Å². The second kappa shape index (κ2) is 4.70. The zero-order valence-corrected chi connectivity index (χ0v) is 8.94. The lowest BCUT2D eigenvalue weighted by atomic mass is 10.2. The Bertz CT molecular complexity index is 254. The van der Waals surface area contributed by atoms with Crippen molar-refractivity contribution in [1.82, 2.24) is 0 Å². The third kappa shape index (κ3) is 3.01. The first-order valence-electron chi connectivity index (χ1n) is 3.49. The maximum absolute atomic E-state index is 5.64. The molecule has 0 amide bonds. The molecule has 1 aromatic rings. The molecule has 1 aromatic carbocycles. The normalized spacial score (nSPS) is 10.2. The van der Waals surface area contributed by atoms with E-state index in [9.17, 15) is 0 Å². The van der Waals surface area contributed by atoms with Crippen LogP contribution in [-0.4, -0.2) is 14.0 Å². The van der Waals surface area contributed by atoms with Gasteiger partial charge in [0.05, 0.1) is 4.46 Å². The Hall–Kier alpha value is -0.243. The second-order valence-corrected chi connectivity index (χ2v) is 5.54. The van der Waals surface area contributed by atoms with Crippen molar-refractivity contribution >= 4 is 44.0 Å². The van der Waals surface area contributed by atoms with Crippen molar-refractivity contribution in [1.29, 1.82) is 0 Å². The van der Waals surface area contributed by atoms with Crippen LogP contribution in [0.15, 0.2) is 30.8 Å². The first-order chi connectivity index (χ1) is 5.72. The van der Waals surface area contributed by atoms with E-state index in [0.29, 0.717) is 9.52 Å². The second-order valence-electron chi connectivity index (χ2n) is 2.27. The molecule has 0 heterocycles. The smallest absolute Gasteiger partial charge is 0.110 e. The van der Waals surface area contributed by atoms with Gasteiger partial charge in [0.2, 0.25) is 0 Å². The van der Waals surface area contributed by atoms with Crippen LogP contribution >= 0.6 is 23.2 Å². The number of hydrogen-bond donors (Lipinski definition) is 0. The monoisotopic (exact) mass is 214 g/mol. The highest BCUT2D eigenvalue weighted by Gasteiger charge is 2.01. The summed E-state index contributed by atoms with van der Waals surface area (Å²) in [6.07, 6.45) is 1.81. The van der Waals surface area contributed by atoms with Crippen molar-refractivity contribution in [2.45, 2.75) is 4.46 Å². The third-order valence-electron chi connectivity index (χ3n) is 1.42. The van der Waals surface area contributed by atoms with Crippen molar-refractivity contribution in [3.05, 3.63) is 36.4 Å². The number of alkyl halides is 2. The molecule has 0 saturated heterocycles. The summed E-state index contributed by atoms with van der Waals surface area (Å²) in [6, 6.07) is 8.05. The lowest BCUT2D eigenvalue weighted by Gasteiger charge is -2.00. The molecule has 0 aliphatic heterocycles. The fourth-order valence-electron chi connectivity index (χ4n) is 0.841. The minimum atomic E-state index is -0.292. The highest BCUT2D eigenvalue weighted by atomic mass is 35.5. The van der Waals surface area contributed by atoms with Gasteiger partial charge in [0.1, 0.15) is 9.52 Å². The van der Waals surface area contributed by atoms with Crippen LogP contribution in [0, 0.1) is 0 Å². The van der Waals surface area contributed by atoms with Crippen LogP contribution in [-0.2, 0) is 0 Å². The van der Waals surface area contributed by atoms with Crippen LogP contribution in [0.1, 0.15) is 5.56 Å². The molecule has 12 heavy (non-hydrogen) atoms. The molecule has 0 aliphatic carbocycles. The zero-order valence-electron chi connectivity index (χ0n) is 6.43. The average molecular weight is 215 g/mol. The van der Waals surface area contributed by atoms with E-state index in [-0.39, 0.29) is 4.46 Å². The summed E-state index contributed by atoms with van der Waals surface area (Å²) in [5, 5.41) is 1.18. The molecule has 0 fully saturated rings. The van der Waals surface area contributed by atoms with Crippen molar-refractivity contribution in [2.75, 3.05) is 0 Å². The topological polar surface area (TPSA) is 0 Å². The largest absolute Gasteiger partial charge is 0.124 e. The molecule has 3 heteroatoms. The van der Waals surface area contributed by atoms with Gasteiger partial charge in [-0.2, -0.15) is 0 Å². The van der Waals surface area contributed by atoms with Crippen LogP contribution in [0.25, 0.3) is 6.08 Å². The fourth-order valence-corrected chi connectivity index (χ4v) is 2.21. The molecule has 0 saturated carbocycles. The van der Waals surface area contributed by atoms with Crippen LogP contribution in [0.3, 0.4) is 0 Å². The molecule has 0 N–H and O–H groups in total. The number of halogens is 2. The van der Waals surface area contributed by atoms with Gasteiger partial charge in [-0.15, -0.1) is 23.2 Å². The minimum Gasteiger partial charge on any atom is -0.110 e. The van der Waals surface area contributed by atoms with E-state index in [4.69, 9.17) is 23.2 Å². The van der Waals surface area contributed by atoms with E-state index >= 15 is 0 Å². The Labute approximate surface area is 85.0 Å². The first kappa shape index (κ1) is 9.84. The van der Waals surface area contributed by atoms with E-state index in [1.165, 1.54) is 5.19 Å². The first-order valence-corrected chi connectivity index (χ1v) is 5.44. The molecule has 0 aromatic heterocycles. The molecular weight excluding hydrogens is 207 g/mol. The van der Waals surface area contributed by atoms with E-state index < -0.39 is 0 Å². The maximum atomic E-state index is 5.64. The van der Waals surface area contributed by atoms with Gasteiger partial charge in [0.25, 0.3) is 0 Å². The Morgan fingerprint density at radius 2 is 1.83 bits per heavy atom. The molecule has 0 nitrogen and oxygen atoms in total. The lowest BCUT2D eigenvalue weighted by Crippen LogP contribution is -2.19. The van der Waals surface area contributed by atoms with Crippen LogP contribution in [0.5, 0.6) is 0 Å². The van der Waals surface area contributed by atoms with Crippen molar-refractivity contribution in [3.8, 4) is 0 Å². The number of rotatable bonds is 3. The standard InChI is InChI=1S/C9H8Cl2Si/c1-2-7-3-5-8(6-4-7)12-9(10)11/h2-6,9H,1H2. The van der Waals surface area contributed by atoms with Crippen LogP contribution in [0.2, 0.25) is 0 Å². The van der Waals surface area contributed by atoms with Crippen molar-refractivity contribution in [2.24, 2.45) is 0 Å². The quantitative estimate of drug-likeness (QED) is 0.536. The molecule has 0 atom stereocenters. The molecule has 0 bridgehead atoms. The van der Waals surface area contributed by atoms with Crippen molar-refractivity contribution in [3.63, 3.8) is 0 Å². The Morgan fingerprint density at radius 1 is 1.25 bits per heavy atom. The summed E-state index contributed by atoms with van der Waals surface area (Å²) >= 11 is 11.3. The van der Waals surface area contributed by atoms with Gasteiger partial charge in [-0.1, -0.05) is 42.1 Å². The molecule has 2 radical (unpaired) electrons. The van der Waals surface area contributed by atoms with Gasteiger partial charge < -0.3 is 0 Å². The SMILES string of the molecule is C=Cc1ccc([Si]C(Cl)Cl)cc1. The van der Waals surface area contributed by atoms with Crippen LogP contribution < -0.4 is 5.19 Å². The fraction of sp³-hybridized carbons (Fsp3) is 0.111. The van der Waals surface area contributed by atoms with Gasteiger partial charge in [-0.05, 0) is 5.56 Å². The van der Waals surface area contributed by atoms with E-state index in [2.05, 4.69) is 6.58 Å². The summed E-state index contributed by atoms with van der Waals surface area (Å²) in [5.74, 6) is 0. The Balaban J connectivity index is 2.71.